The van der Waals surface area contributed by atoms with Crippen LogP contribution in [0.25, 0.3) is 0 Å². The smallest absolute Gasteiger partial charge is 0.0586 e. The van der Waals surface area contributed by atoms with Gasteiger partial charge < -0.3 is 10.1 Å². The van der Waals surface area contributed by atoms with Crippen molar-refractivity contribution in [3.63, 3.8) is 0 Å². The van der Waals surface area contributed by atoms with E-state index in [1.165, 1.54) is 19.3 Å². The van der Waals surface area contributed by atoms with E-state index in [1.54, 1.807) is 0 Å². The highest BCUT2D eigenvalue weighted by atomic mass is 16.5. The van der Waals surface area contributed by atoms with Gasteiger partial charge in [-0.1, -0.05) is 13.8 Å². The SMILES string of the molecule is CO[C@H]1CC[C@@H](NC(C)C)C1. The Morgan fingerprint density at radius 1 is 1.36 bits per heavy atom. The van der Waals surface area contributed by atoms with Gasteiger partial charge in [0.25, 0.3) is 0 Å². The van der Waals surface area contributed by atoms with Gasteiger partial charge in [-0.15, -0.1) is 0 Å². The summed E-state index contributed by atoms with van der Waals surface area (Å²) in [6.45, 7) is 4.39. The third-order valence-electron chi connectivity index (χ3n) is 2.29. The summed E-state index contributed by atoms with van der Waals surface area (Å²) in [5.41, 5.74) is 0. The number of methoxy groups -OCH3 is 1. The first-order valence-corrected chi connectivity index (χ1v) is 4.51. The second-order valence-corrected chi connectivity index (χ2v) is 3.69. The summed E-state index contributed by atoms with van der Waals surface area (Å²) in [7, 11) is 1.81. The van der Waals surface area contributed by atoms with Crippen molar-refractivity contribution in [2.24, 2.45) is 0 Å². The molecular formula is C9H19NO. The highest BCUT2D eigenvalue weighted by Crippen LogP contribution is 2.21. The normalized spacial score (nSPS) is 31.6. The van der Waals surface area contributed by atoms with Crippen LogP contribution in [0.1, 0.15) is 33.1 Å². The quantitative estimate of drug-likeness (QED) is 0.671. The number of nitrogens with one attached hydrogen (secondary N) is 1. The van der Waals surface area contributed by atoms with Crippen LogP contribution in [0.5, 0.6) is 0 Å². The minimum atomic E-state index is 0.506. The Labute approximate surface area is 69.3 Å². The van der Waals surface area contributed by atoms with Crippen LogP contribution in [0.2, 0.25) is 0 Å². The molecule has 1 aliphatic carbocycles. The lowest BCUT2D eigenvalue weighted by atomic mass is 10.2. The second-order valence-electron chi connectivity index (χ2n) is 3.69. The van der Waals surface area contributed by atoms with Crippen LogP contribution in [0.4, 0.5) is 0 Å². The molecule has 0 radical (unpaired) electrons. The van der Waals surface area contributed by atoms with Gasteiger partial charge in [-0.2, -0.15) is 0 Å². The molecule has 0 aromatic heterocycles. The molecule has 2 nitrogen and oxygen atoms in total. The topological polar surface area (TPSA) is 21.3 Å². The molecule has 11 heavy (non-hydrogen) atoms. The van der Waals surface area contributed by atoms with Gasteiger partial charge in [0.05, 0.1) is 6.10 Å². The zero-order valence-electron chi connectivity index (χ0n) is 7.76. The molecule has 0 aromatic carbocycles. The van der Waals surface area contributed by atoms with Gasteiger partial charge >= 0.3 is 0 Å². The molecule has 2 heteroatoms. The summed E-state index contributed by atoms with van der Waals surface area (Å²) in [4.78, 5) is 0. The van der Waals surface area contributed by atoms with Crippen molar-refractivity contribution >= 4 is 0 Å². The third kappa shape index (κ3) is 2.80. The predicted molar refractivity (Wildman–Crippen MR) is 46.7 cm³/mol. The molecule has 66 valence electrons. The van der Waals surface area contributed by atoms with E-state index < -0.39 is 0 Å². The molecule has 0 heterocycles. The lowest BCUT2D eigenvalue weighted by Gasteiger charge is -2.15. The van der Waals surface area contributed by atoms with Crippen molar-refractivity contribution in [1.82, 2.24) is 5.32 Å². The standard InChI is InChI=1S/C9H19NO/c1-7(2)10-8-4-5-9(6-8)11-3/h7-10H,4-6H2,1-3H3/t8-,9+/m1/s1. The molecule has 0 bridgehead atoms. The molecule has 0 saturated heterocycles. The van der Waals surface area contributed by atoms with Gasteiger partial charge in [-0.25, -0.2) is 0 Å². The maximum Gasteiger partial charge on any atom is 0.0586 e. The molecule has 2 atom stereocenters. The maximum absolute atomic E-state index is 5.28. The summed E-state index contributed by atoms with van der Waals surface area (Å²) in [5, 5.41) is 3.53. The van der Waals surface area contributed by atoms with Crippen molar-refractivity contribution in [1.29, 1.82) is 0 Å². The van der Waals surface area contributed by atoms with Crippen LogP contribution in [-0.4, -0.2) is 25.3 Å². The molecule has 0 spiro atoms. The van der Waals surface area contributed by atoms with Crippen LogP contribution in [-0.2, 0) is 4.74 Å². The van der Waals surface area contributed by atoms with Gasteiger partial charge in [-0.3, -0.25) is 0 Å². The average molecular weight is 157 g/mol. The van der Waals surface area contributed by atoms with E-state index >= 15 is 0 Å². The van der Waals surface area contributed by atoms with Crippen LogP contribution in [0.3, 0.4) is 0 Å². The summed E-state index contributed by atoms with van der Waals surface area (Å²) in [6, 6.07) is 1.30. The van der Waals surface area contributed by atoms with Crippen LogP contribution in [0, 0.1) is 0 Å². The number of ether oxygens (including phenoxy) is 1. The lowest BCUT2D eigenvalue weighted by molar-refractivity contribution is 0.106. The van der Waals surface area contributed by atoms with E-state index in [-0.39, 0.29) is 0 Å². The van der Waals surface area contributed by atoms with E-state index in [9.17, 15) is 0 Å². The van der Waals surface area contributed by atoms with Crippen molar-refractivity contribution in [2.45, 2.75) is 51.3 Å². The molecule has 1 rings (SSSR count). The molecule has 0 unspecified atom stereocenters. The second kappa shape index (κ2) is 4.07. The monoisotopic (exact) mass is 157 g/mol. The first kappa shape index (κ1) is 9.01. The fraction of sp³-hybridized carbons (Fsp3) is 1.00. The minimum absolute atomic E-state index is 0.506. The Morgan fingerprint density at radius 3 is 2.55 bits per heavy atom. The number of rotatable bonds is 3. The molecule has 0 aliphatic heterocycles. The van der Waals surface area contributed by atoms with E-state index in [2.05, 4.69) is 19.2 Å². The van der Waals surface area contributed by atoms with E-state index in [0.29, 0.717) is 18.2 Å². The fourth-order valence-corrected chi connectivity index (χ4v) is 1.78. The zero-order valence-corrected chi connectivity index (χ0v) is 7.76. The molecule has 1 aliphatic rings. The zero-order chi connectivity index (χ0) is 8.27. The Bertz CT molecular complexity index is 114. The maximum atomic E-state index is 5.28. The predicted octanol–water partition coefficient (Wildman–Crippen LogP) is 1.55. The third-order valence-corrected chi connectivity index (χ3v) is 2.29. The molecule has 0 aromatic rings. The summed E-state index contributed by atoms with van der Waals surface area (Å²) >= 11 is 0. The Balaban J connectivity index is 2.19. The molecule has 1 fully saturated rings. The Morgan fingerprint density at radius 2 is 2.09 bits per heavy atom. The Kier molecular flexibility index (Phi) is 3.34. The van der Waals surface area contributed by atoms with E-state index in [0.717, 1.165) is 0 Å². The number of hydrogen-bond acceptors (Lipinski definition) is 2. The van der Waals surface area contributed by atoms with E-state index in [1.807, 2.05) is 7.11 Å². The lowest BCUT2D eigenvalue weighted by Crippen LogP contribution is -2.33. The molecule has 1 saturated carbocycles. The number of hydrogen-bond donors (Lipinski definition) is 1. The summed E-state index contributed by atoms with van der Waals surface area (Å²) in [6.07, 6.45) is 4.19. The van der Waals surface area contributed by atoms with Gasteiger partial charge in [0.1, 0.15) is 0 Å². The van der Waals surface area contributed by atoms with Crippen LogP contribution in [0.15, 0.2) is 0 Å². The largest absolute Gasteiger partial charge is 0.381 e. The first-order chi connectivity index (χ1) is 5.22. The van der Waals surface area contributed by atoms with Crippen LogP contribution >= 0.6 is 0 Å². The Hall–Kier alpha value is -0.0800. The molecule has 0 amide bonds. The van der Waals surface area contributed by atoms with Gasteiger partial charge in [0, 0.05) is 19.2 Å². The van der Waals surface area contributed by atoms with Gasteiger partial charge in [0.15, 0.2) is 0 Å². The summed E-state index contributed by atoms with van der Waals surface area (Å²) < 4.78 is 5.28. The average Bonchev–Trinajstić information content (AvgIpc) is 2.34. The first-order valence-electron chi connectivity index (χ1n) is 4.51. The summed E-state index contributed by atoms with van der Waals surface area (Å²) in [5.74, 6) is 0. The molecule has 1 N–H and O–H groups in total. The fourth-order valence-electron chi connectivity index (χ4n) is 1.78. The highest BCUT2D eigenvalue weighted by Gasteiger charge is 2.24. The van der Waals surface area contributed by atoms with Crippen molar-refractivity contribution in [3.05, 3.63) is 0 Å². The van der Waals surface area contributed by atoms with Crippen molar-refractivity contribution in [3.8, 4) is 0 Å². The van der Waals surface area contributed by atoms with E-state index in [4.69, 9.17) is 4.74 Å². The highest BCUT2D eigenvalue weighted by molar-refractivity contribution is 4.81. The molecular weight excluding hydrogens is 138 g/mol. The van der Waals surface area contributed by atoms with Crippen LogP contribution < -0.4 is 5.32 Å². The minimum Gasteiger partial charge on any atom is -0.381 e. The van der Waals surface area contributed by atoms with Gasteiger partial charge in [-0.05, 0) is 19.3 Å². The van der Waals surface area contributed by atoms with Crippen molar-refractivity contribution in [2.75, 3.05) is 7.11 Å². The van der Waals surface area contributed by atoms with Crippen molar-refractivity contribution < 1.29 is 4.74 Å². The van der Waals surface area contributed by atoms with Gasteiger partial charge in [0.2, 0.25) is 0 Å².